The highest BCUT2D eigenvalue weighted by Crippen LogP contribution is 2.29. The van der Waals surface area contributed by atoms with E-state index in [-0.39, 0.29) is 30.4 Å². The number of sulfonamides is 1. The molecule has 1 aliphatic rings. The highest BCUT2D eigenvalue weighted by Gasteiger charge is 2.28. The number of aliphatic hydroxyl groups excluding tert-OH is 1. The van der Waals surface area contributed by atoms with E-state index in [1.165, 1.54) is 0 Å². The van der Waals surface area contributed by atoms with Gasteiger partial charge in [0.1, 0.15) is 0 Å². The van der Waals surface area contributed by atoms with Crippen LogP contribution in [0, 0.1) is 10.1 Å². The molecule has 9 heteroatoms. The molecule has 1 aliphatic heterocycles. The highest BCUT2D eigenvalue weighted by atomic mass is 32.2. The standard InChI is InChI=1S/C8H14N2O5S2/c11-4-2-6-17(14,15)9-3-1-5-16-8(9)7-10(12)13/h7,11H,1-6H2/b8-7-. The van der Waals surface area contributed by atoms with Crippen molar-refractivity contribution < 1.29 is 18.4 Å². The molecule has 0 atom stereocenters. The molecule has 17 heavy (non-hydrogen) atoms. The number of hydrogen-bond acceptors (Lipinski definition) is 6. The summed E-state index contributed by atoms with van der Waals surface area (Å²) < 4.78 is 24.8. The summed E-state index contributed by atoms with van der Waals surface area (Å²) >= 11 is 1.16. The van der Waals surface area contributed by atoms with E-state index in [2.05, 4.69) is 0 Å². The first-order valence-corrected chi connectivity index (χ1v) is 7.66. The number of nitro groups is 1. The number of nitrogens with zero attached hydrogens (tertiary/aromatic N) is 2. The maximum atomic E-state index is 11.9. The summed E-state index contributed by atoms with van der Waals surface area (Å²) in [7, 11) is -3.56. The Morgan fingerprint density at radius 3 is 2.88 bits per heavy atom. The Hall–Kier alpha value is -0.800. The lowest BCUT2D eigenvalue weighted by Gasteiger charge is -2.28. The fraction of sp³-hybridized carbons (Fsp3) is 0.750. The second-order valence-electron chi connectivity index (χ2n) is 3.42. The minimum Gasteiger partial charge on any atom is -0.396 e. The second-order valence-corrected chi connectivity index (χ2v) is 6.55. The Morgan fingerprint density at radius 1 is 1.59 bits per heavy atom. The third-order valence-electron chi connectivity index (χ3n) is 2.11. The molecule has 0 aliphatic carbocycles. The maximum Gasteiger partial charge on any atom is 0.265 e. The molecule has 0 aromatic rings. The molecule has 0 unspecified atom stereocenters. The molecule has 1 heterocycles. The minimum atomic E-state index is -3.56. The van der Waals surface area contributed by atoms with Crippen molar-refractivity contribution in [2.45, 2.75) is 12.8 Å². The van der Waals surface area contributed by atoms with Gasteiger partial charge in [0.25, 0.3) is 6.20 Å². The number of rotatable bonds is 5. The van der Waals surface area contributed by atoms with Crippen LogP contribution in [0.4, 0.5) is 0 Å². The van der Waals surface area contributed by atoms with Crippen molar-refractivity contribution in [3.05, 3.63) is 21.3 Å². The van der Waals surface area contributed by atoms with Crippen molar-refractivity contribution in [1.29, 1.82) is 0 Å². The fourth-order valence-electron chi connectivity index (χ4n) is 1.39. The first-order valence-electron chi connectivity index (χ1n) is 5.07. The summed E-state index contributed by atoms with van der Waals surface area (Å²) in [5.74, 6) is 0.477. The van der Waals surface area contributed by atoms with Gasteiger partial charge >= 0.3 is 0 Å². The third-order valence-corrected chi connectivity index (χ3v) is 5.20. The minimum absolute atomic E-state index is 0.134. The van der Waals surface area contributed by atoms with Crippen LogP contribution in [0.25, 0.3) is 0 Å². The molecule has 0 amide bonds. The van der Waals surface area contributed by atoms with Crippen LogP contribution in [0.5, 0.6) is 0 Å². The van der Waals surface area contributed by atoms with E-state index in [0.717, 1.165) is 22.3 Å². The van der Waals surface area contributed by atoms with E-state index in [1.54, 1.807) is 0 Å². The van der Waals surface area contributed by atoms with Crippen LogP contribution in [0.15, 0.2) is 11.2 Å². The fourth-order valence-corrected chi connectivity index (χ4v) is 4.21. The lowest BCUT2D eigenvalue weighted by molar-refractivity contribution is -0.403. The van der Waals surface area contributed by atoms with Gasteiger partial charge in [0.15, 0.2) is 5.03 Å². The molecule has 0 aromatic heterocycles. The summed E-state index contributed by atoms with van der Waals surface area (Å²) in [6.45, 7) is 0.0505. The van der Waals surface area contributed by atoms with Gasteiger partial charge in [0.05, 0.1) is 10.7 Å². The van der Waals surface area contributed by atoms with Crippen molar-refractivity contribution in [1.82, 2.24) is 4.31 Å². The van der Waals surface area contributed by atoms with Crippen LogP contribution >= 0.6 is 11.8 Å². The summed E-state index contributed by atoms with van der Waals surface area (Å²) in [6, 6.07) is 0. The number of thioether (sulfide) groups is 1. The van der Waals surface area contributed by atoms with Gasteiger partial charge in [-0.15, -0.1) is 11.8 Å². The third kappa shape index (κ3) is 4.17. The van der Waals surface area contributed by atoms with E-state index >= 15 is 0 Å². The van der Waals surface area contributed by atoms with Crippen LogP contribution in [0.1, 0.15) is 12.8 Å². The van der Waals surface area contributed by atoms with Gasteiger partial charge in [0, 0.05) is 18.9 Å². The van der Waals surface area contributed by atoms with E-state index in [9.17, 15) is 18.5 Å². The largest absolute Gasteiger partial charge is 0.396 e. The first-order chi connectivity index (χ1) is 7.97. The van der Waals surface area contributed by atoms with Gasteiger partial charge in [-0.25, -0.2) is 8.42 Å². The SMILES string of the molecule is O=[N+]([O-])/C=C1\SCCCN1S(=O)(=O)CCCO. The van der Waals surface area contributed by atoms with Crippen molar-refractivity contribution in [3.63, 3.8) is 0 Å². The topological polar surface area (TPSA) is 101 Å². The Morgan fingerprint density at radius 2 is 2.29 bits per heavy atom. The molecule has 98 valence electrons. The molecule has 1 rings (SSSR count). The summed E-state index contributed by atoms with van der Waals surface area (Å²) in [5, 5.41) is 19.2. The van der Waals surface area contributed by atoms with Gasteiger partial charge in [-0.1, -0.05) is 0 Å². The van der Waals surface area contributed by atoms with Crippen molar-refractivity contribution in [2.75, 3.05) is 24.7 Å². The Balaban J connectivity index is 2.88. The maximum absolute atomic E-state index is 11.9. The van der Waals surface area contributed by atoms with Gasteiger partial charge in [-0.3, -0.25) is 14.4 Å². The zero-order valence-corrected chi connectivity index (χ0v) is 10.7. The van der Waals surface area contributed by atoms with Gasteiger partial charge < -0.3 is 5.11 Å². The normalized spacial score (nSPS) is 19.6. The van der Waals surface area contributed by atoms with Crippen molar-refractivity contribution in [2.24, 2.45) is 0 Å². The van der Waals surface area contributed by atoms with E-state index < -0.39 is 14.9 Å². The molecule has 7 nitrogen and oxygen atoms in total. The van der Waals surface area contributed by atoms with Gasteiger partial charge in [-0.05, 0) is 12.8 Å². The molecule has 0 radical (unpaired) electrons. The van der Waals surface area contributed by atoms with Crippen molar-refractivity contribution >= 4 is 21.8 Å². The molecule has 0 aromatic carbocycles. The van der Waals surface area contributed by atoms with Gasteiger partial charge in [-0.2, -0.15) is 0 Å². The van der Waals surface area contributed by atoms with Crippen LogP contribution in [0.3, 0.4) is 0 Å². The predicted molar refractivity (Wildman–Crippen MR) is 64.3 cm³/mol. The molecule has 0 saturated carbocycles. The van der Waals surface area contributed by atoms with Crippen molar-refractivity contribution in [3.8, 4) is 0 Å². The quantitative estimate of drug-likeness (QED) is 0.571. The van der Waals surface area contributed by atoms with Crippen LogP contribution < -0.4 is 0 Å². The first kappa shape index (κ1) is 14.3. The second kappa shape index (κ2) is 6.22. The van der Waals surface area contributed by atoms with Gasteiger partial charge in [0.2, 0.25) is 10.0 Å². The average molecular weight is 282 g/mol. The Labute approximate surface area is 104 Å². The monoisotopic (exact) mass is 282 g/mol. The molecular formula is C8H14N2O5S2. The number of aliphatic hydroxyl groups is 1. The molecule has 0 spiro atoms. The summed E-state index contributed by atoms with van der Waals surface area (Å²) in [5.41, 5.74) is 0. The highest BCUT2D eigenvalue weighted by molar-refractivity contribution is 8.04. The molecule has 1 N–H and O–H groups in total. The Bertz CT molecular complexity index is 406. The molecule has 1 fully saturated rings. The number of hydrogen-bond donors (Lipinski definition) is 1. The summed E-state index contributed by atoms with van der Waals surface area (Å²) in [4.78, 5) is 9.76. The zero-order chi connectivity index (χ0) is 12.9. The lowest BCUT2D eigenvalue weighted by atomic mass is 10.5. The van der Waals surface area contributed by atoms with Crippen LogP contribution in [-0.4, -0.2) is 47.4 Å². The Kier molecular flexibility index (Phi) is 5.22. The van der Waals surface area contributed by atoms with Crippen LogP contribution in [0.2, 0.25) is 0 Å². The lowest BCUT2D eigenvalue weighted by Crippen LogP contribution is -2.35. The van der Waals surface area contributed by atoms with E-state index in [4.69, 9.17) is 5.11 Å². The summed E-state index contributed by atoms with van der Waals surface area (Å²) in [6.07, 6.45) is 1.52. The smallest absolute Gasteiger partial charge is 0.265 e. The average Bonchev–Trinajstić information content (AvgIpc) is 2.26. The molecule has 1 saturated heterocycles. The van der Waals surface area contributed by atoms with E-state index in [0.29, 0.717) is 12.2 Å². The molecular weight excluding hydrogens is 268 g/mol. The predicted octanol–water partition coefficient (Wildman–Crippen LogP) is 0.213. The zero-order valence-electron chi connectivity index (χ0n) is 9.11. The van der Waals surface area contributed by atoms with E-state index in [1.807, 2.05) is 0 Å². The van der Waals surface area contributed by atoms with Crippen LogP contribution in [-0.2, 0) is 10.0 Å². The molecule has 0 bridgehead atoms.